The van der Waals surface area contributed by atoms with Gasteiger partial charge in [0.05, 0.1) is 0 Å². The third kappa shape index (κ3) is 9.42. The van der Waals surface area contributed by atoms with Crippen LogP contribution in [-0.4, -0.2) is 21.9 Å². The smallest absolute Gasteiger partial charge is 0.277 e. The summed E-state index contributed by atoms with van der Waals surface area (Å²) < 4.78 is 0. The Morgan fingerprint density at radius 3 is 1.67 bits per heavy atom. The number of rotatable bonds is 12. The first-order chi connectivity index (χ1) is 8.50. The van der Waals surface area contributed by atoms with Gasteiger partial charge < -0.3 is 15.9 Å². The van der Waals surface area contributed by atoms with Crippen molar-refractivity contribution >= 4 is 5.91 Å². The number of nitrogens with two attached hydrogens (primary N) is 1. The molecule has 0 fully saturated rings. The van der Waals surface area contributed by atoms with Gasteiger partial charge in [-0.25, -0.2) is 0 Å². The summed E-state index contributed by atoms with van der Waals surface area (Å²) in [5, 5.41) is 18.4. The molecule has 0 bridgehead atoms. The van der Waals surface area contributed by atoms with E-state index < -0.39 is 11.7 Å². The monoisotopic (exact) mass is 259 g/mol. The summed E-state index contributed by atoms with van der Waals surface area (Å²) in [6.45, 7) is 2.22. The first kappa shape index (κ1) is 17.4. The Morgan fingerprint density at radius 1 is 0.889 bits per heavy atom. The molecule has 4 N–H and O–H groups in total. The molecule has 0 aliphatic carbocycles. The van der Waals surface area contributed by atoms with E-state index in [1.807, 2.05) is 0 Å². The minimum Gasteiger partial charge on any atom is -0.365 e. The van der Waals surface area contributed by atoms with Crippen molar-refractivity contribution in [1.82, 2.24) is 0 Å². The van der Waals surface area contributed by atoms with Crippen LogP contribution in [0.3, 0.4) is 0 Å². The summed E-state index contributed by atoms with van der Waals surface area (Å²) in [6.07, 6.45) is 11.7. The maximum absolute atomic E-state index is 10.6. The van der Waals surface area contributed by atoms with Gasteiger partial charge in [-0.05, 0) is 6.42 Å². The van der Waals surface area contributed by atoms with Crippen molar-refractivity contribution in [1.29, 1.82) is 0 Å². The molecule has 0 aromatic heterocycles. The van der Waals surface area contributed by atoms with Gasteiger partial charge in [0.2, 0.25) is 5.79 Å². The van der Waals surface area contributed by atoms with Crippen molar-refractivity contribution in [2.45, 2.75) is 83.3 Å². The second-order valence-corrected chi connectivity index (χ2v) is 5.11. The van der Waals surface area contributed by atoms with E-state index in [9.17, 15) is 15.0 Å². The van der Waals surface area contributed by atoms with Crippen LogP contribution < -0.4 is 5.73 Å². The quantitative estimate of drug-likeness (QED) is 0.372. The lowest BCUT2D eigenvalue weighted by atomic mass is 10.0. The molecule has 0 atom stereocenters. The summed E-state index contributed by atoms with van der Waals surface area (Å²) >= 11 is 0. The molecular formula is C14H29NO3. The zero-order valence-electron chi connectivity index (χ0n) is 11.7. The van der Waals surface area contributed by atoms with Gasteiger partial charge in [0.1, 0.15) is 0 Å². The van der Waals surface area contributed by atoms with Gasteiger partial charge in [0.15, 0.2) is 0 Å². The van der Waals surface area contributed by atoms with E-state index >= 15 is 0 Å². The van der Waals surface area contributed by atoms with Gasteiger partial charge in [-0.2, -0.15) is 0 Å². The molecule has 108 valence electrons. The molecule has 0 aromatic carbocycles. The highest BCUT2D eigenvalue weighted by Gasteiger charge is 2.29. The zero-order chi connectivity index (χ0) is 13.9. The van der Waals surface area contributed by atoms with Crippen LogP contribution in [0.15, 0.2) is 0 Å². The van der Waals surface area contributed by atoms with E-state index in [0.29, 0.717) is 6.42 Å². The highest BCUT2D eigenvalue weighted by Crippen LogP contribution is 2.14. The largest absolute Gasteiger partial charge is 0.365 e. The van der Waals surface area contributed by atoms with Gasteiger partial charge >= 0.3 is 0 Å². The number of hydrogen-bond donors (Lipinski definition) is 3. The molecule has 0 aliphatic heterocycles. The predicted molar refractivity (Wildman–Crippen MR) is 72.8 cm³/mol. The van der Waals surface area contributed by atoms with Crippen LogP contribution in [0, 0.1) is 0 Å². The number of carbonyl (C=O) groups excluding carboxylic acids is 1. The van der Waals surface area contributed by atoms with Crippen molar-refractivity contribution in [3.63, 3.8) is 0 Å². The number of hydrogen-bond acceptors (Lipinski definition) is 3. The third-order valence-corrected chi connectivity index (χ3v) is 3.27. The van der Waals surface area contributed by atoms with Crippen molar-refractivity contribution in [3.8, 4) is 0 Å². The molecule has 0 saturated heterocycles. The third-order valence-electron chi connectivity index (χ3n) is 3.27. The molecule has 4 heteroatoms. The number of primary amides is 1. The molecule has 0 saturated carbocycles. The van der Waals surface area contributed by atoms with E-state index in [1.165, 1.54) is 44.9 Å². The predicted octanol–water partition coefficient (Wildman–Crippen LogP) is 2.46. The Labute approximate surface area is 111 Å². The Kier molecular flexibility index (Phi) is 9.98. The lowest BCUT2D eigenvalue weighted by Crippen LogP contribution is -2.43. The van der Waals surface area contributed by atoms with Crippen LogP contribution in [0.1, 0.15) is 77.6 Å². The standard InChI is InChI=1S/C14H29NO3/c1-2-3-4-5-6-7-8-9-10-11-12-14(17,18)13(15)16/h17-18H,2-12H2,1H3,(H2,15,16). The Morgan fingerprint density at radius 2 is 1.28 bits per heavy atom. The first-order valence-electron chi connectivity index (χ1n) is 7.25. The number of amides is 1. The normalized spacial score (nSPS) is 11.7. The highest BCUT2D eigenvalue weighted by molar-refractivity contribution is 5.81. The Balaban J connectivity index is 3.24. The molecule has 0 heterocycles. The molecule has 0 radical (unpaired) electrons. The summed E-state index contributed by atoms with van der Waals surface area (Å²) in [5.74, 6) is -3.38. The molecule has 0 aromatic rings. The second-order valence-electron chi connectivity index (χ2n) is 5.11. The molecule has 4 nitrogen and oxygen atoms in total. The van der Waals surface area contributed by atoms with Gasteiger partial charge in [-0.3, -0.25) is 4.79 Å². The minimum atomic E-state index is -2.32. The fourth-order valence-corrected chi connectivity index (χ4v) is 1.98. The van der Waals surface area contributed by atoms with Crippen LogP contribution in [0.2, 0.25) is 0 Å². The molecule has 1 amide bonds. The van der Waals surface area contributed by atoms with Crippen LogP contribution in [-0.2, 0) is 4.79 Å². The lowest BCUT2D eigenvalue weighted by Gasteiger charge is -2.16. The molecule has 18 heavy (non-hydrogen) atoms. The average molecular weight is 259 g/mol. The number of unbranched alkanes of at least 4 members (excludes halogenated alkanes) is 9. The minimum absolute atomic E-state index is 0.0405. The number of carbonyl (C=O) groups is 1. The van der Waals surface area contributed by atoms with E-state index in [0.717, 1.165) is 12.8 Å². The van der Waals surface area contributed by atoms with Crippen LogP contribution in [0.25, 0.3) is 0 Å². The van der Waals surface area contributed by atoms with E-state index in [-0.39, 0.29) is 6.42 Å². The van der Waals surface area contributed by atoms with Crippen LogP contribution in [0.4, 0.5) is 0 Å². The first-order valence-corrected chi connectivity index (χ1v) is 7.25. The summed E-state index contributed by atoms with van der Waals surface area (Å²) in [6, 6.07) is 0. The van der Waals surface area contributed by atoms with Crippen LogP contribution in [0.5, 0.6) is 0 Å². The molecule has 0 unspecified atom stereocenters. The fourth-order valence-electron chi connectivity index (χ4n) is 1.98. The summed E-state index contributed by atoms with van der Waals surface area (Å²) in [5.41, 5.74) is 4.85. The number of aliphatic hydroxyl groups is 2. The van der Waals surface area contributed by atoms with Gasteiger partial charge in [0.25, 0.3) is 5.91 Å². The average Bonchev–Trinajstić information content (AvgIpc) is 2.31. The fraction of sp³-hybridized carbons (Fsp3) is 0.929. The van der Waals surface area contributed by atoms with E-state index in [1.54, 1.807) is 0 Å². The van der Waals surface area contributed by atoms with E-state index in [2.05, 4.69) is 6.92 Å². The van der Waals surface area contributed by atoms with Crippen molar-refractivity contribution in [2.24, 2.45) is 5.73 Å². The van der Waals surface area contributed by atoms with E-state index in [4.69, 9.17) is 5.73 Å². The van der Waals surface area contributed by atoms with Crippen molar-refractivity contribution < 1.29 is 15.0 Å². The molecule has 0 aliphatic rings. The summed E-state index contributed by atoms with van der Waals surface area (Å²) in [4.78, 5) is 10.6. The highest BCUT2D eigenvalue weighted by atomic mass is 16.5. The Hall–Kier alpha value is -0.610. The maximum atomic E-state index is 10.6. The van der Waals surface area contributed by atoms with Gasteiger partial charge in [0, 0.05) is 6.42 Å². The topological polar surface area (TPSA) is 83.6 Å². The Bertz CT molecular complexity index is 217. The SMILES string of the molecule is CCCCCCCCCCCCC(O)(O)C(N)=O. The van der Waals surface area contributed by atoms with Gasteiger partial charge in [-0.1, -0.05) is 64.7 Å². The van der Waals surface area contributed by atoms with Gasteiger partial charge in [-0.15, -0.1) is 0 Å². The maximum Gasteiger partial charge on any atom is 0.277 e. The second kappa shape index (κ2) is 10.3. The molecular weight excluding hydrogens is 230 g/mol. The lowest BCUT2D eigenvalue weighted by molar-refractivity contribution is -0.184. The van der Waals surface area contributed by atoms with Crippen LogP contribution >= 0.6 is 0 Å². The van der Waals surface area contributed by atoms with Crippen molar-refractivity contribution in [2.75, 3.05) is 0 Å². The summed E-state index contributed by atoms with van der Waals surface area (Å²) in [7, 11) is 0. The zero-order valence-corrected chi connectivity index (χ0v) is 11.7. The molecule has 0 spiro atoms. The van der Waals surface area contributed by atoms with Crippen molar-refractivity contribution in [3.05, 3.63) is 0 Å². The molecule has 0 rings (SSSR count).